The molecule has 4 heteroatoms. The summed E-state index contributed by atoms with van der Waals surface area (Å²) >= 11 is 0. The lowest BCUT2D eigenvalue weighted by atomic mass is 10.1. The molecular formula is C20H42NO3+. The maximum atomic E-state index is 11.6. The van der Waals surface area contributed by atoms with Crippen molar-refractivity contribution in [2.24, 2.45) is 0 Å². The van der Waals surface area contributed by atoms with Gasteiger partial charge in [0.1, 0.15) is 0 Å². The van der Waals surface area contributed by atoms with E-state index in [0.29, 0.717) is 13.3 Å². The molecule has 0 atom stereocenters. The first-order valence-corrected chi connectivity index (χ1v) is 10.3. The van der Waals surface area contributed by atoms with Crippen molar-refractivity contribution in [3.63, 3.8) is 0 Å². The van der Waals surface area contributed by atoms with Crippen molar-refractivity contribution in [1.29, 1.82) is 0 Å². The van der Waals surface area contributed by atoms with Crippen LogP contribution in [0, 0.1) is 0 Å². The molecule has 4 nitrogen and oxygen atoms in total. The van der Waals surface area contributed by atoms with Crippen LogP contribution in [0.4, 0.5) is 4.79 Å². The molecule has 0 aromatic heterocycles. The van der Waals surface area contributed by atoms with Gasteiger partial charge in [0.15, 0.2) is 0 Å². The summed E-state index contributed by atoms with van der Waals surface area (Å²) in [5.41, 5.74) is 0. The van der Waals surface area contributed by atoms with E-state index in [1.54, 1.807) is 0 Å². The van der Waals surface area contributed by atoms with E-state index in [4.69, 9.17) is 9.47 Å². The highest BCUT2D eigenvalue weighted by atomic mass is 16.7. The van der Waals surface area contributed by atoms with Gasteiger partial charge in [-0.3, -0.25) is 4.48 Å². The van der Waals surface area contributed by atoms with Gasteiger partial charge in [0.25, 0.3) is 0 Å². The van der Waals surface area contributed by atoms with Crippen LogP contribution in [0.2, 0.25) is 0 Å². The van der Waals surface area contributed by atoms with Gasteiger partial charge in [0.2, 0.25) is 6.73 Å². The van der Waals surface area contributed by atoms with E-state index in [1.807, 2.05) is 0 Å². The maximum absolute atomic E-state index is 11.6. The quantitative estimate of drug-likeness (QED) is 0.151. The van der Waals surface area contributed by atoms with Gasteiger partial charge in [-0.1, -0.05) is 64.7 Å². The van der Waals surface area contributed by atoms with Gasteiger partial charge in [0.05, 0.1) is 26.2 Å². The zero-order valence-corrected chi connectivity index (χ0v) is 16.8. The van der Waals surface area contributed by atoms with Crippen LogP contribution in [0.1, 0.15) is 91.9 Å². The molecule has 0 rings (SSSR count). The minimum atomic E-state index is -0.510. The second-order valence-corrected chi connectivity index (χ2v) is 6.84. The Morgan fingerprint density at radius 1 is 0.667 bits per heavy atom. The summed E-state index contributed by atoms with van der Waals surface area (Å²) < 4.78 is 11.3. The highest BCUT2D eigenvalue weighted by molar-refractivity contribution is 5.59. The number of quaternary nitrogens is 1. The highest BCUT2D eigenvalue weighted by Crippen LogP contribution is 2.11. The number of ether oxygens (including phenoxy) is 2. The van der Waals surface area contributed by atoms with Gasteiger partial charge in [-0.15, -0.1) is 0 Å². The molecule has 144 valence electrons. The van der Waals surface area contributed by atoms with Gasteiger partial charge in [0, 0.05) is 0 Å². The standard InChI is InChI=1S/C20H42NO3/c1-5-9-10-11-12-13-14-15-16-17-18-23-20(22)24-19-21(6-2,7-3)8-4/h5-19H2,1-4H3/q+1. The summed E-state index contributed by atoms with van der Waals surface area (Å²) in [5.74, 6) is 0. The van der Waals surface area contributed by atoms with Crippen LogP contribution in [0.25, 0.3) is 0 Å². The molecule has 0 aromatic carbocycles. The summed E-state index contributed by atoms with van der Waals surface area (Å²) in [6, 6.07) is 0. The molecule has 0 amide bonds. The third-order valence-corrected chi connectivity index (χ3v) is 5.19. The van der Waals surface area contributed by atoms with Gasteiger partial charge < -0.3 is 9.47 Å². The number of carbonyl (C=O) groups excluding carboxylic acids is 1. The molecule has 0 N–H and O–H groups in total. The summed E-state index contributed by atoms with van der Waals surface area (Å²) in [6.45, 7) is 12.5. The zero-order chi connectivity index (χ0) is 18.1. The van der Waals surface area contributed by atoms with E-state index in [2.05, 4.69) is 27.7 Å². The van der Waals surface area contributed by atoms with Crippen molar-refractivity contribution in [2.45, 2.75) is 91.9 Å². The Balaban J connectivity index is 3.46. The number of hydrogen-bond donors (Lipinski definition) is 0. The molecule has 0 unspecified atom stereocenters. The molecule has 0 heterocycles. The van der Waals surface area contributed by atoms with Crippen LogP contribution in [-0.2, 0) is 9.47 Å². The average molecular weight is 345 g/mol. The molecule has 0 saturated carbocycles. The van der Waals surface area contributed by atoms with E-state index in [-0.39, 0.29) is 0 Å². The van der Waals surface area contributed by atoms with Crippen molar-refractivity contribution in [3.05, 3.63) is 0 Å². The number of carbonyl (C=O) groups is 1. The van der Waals surface area contributed by atoms with Crippen molar-refractivity contribution >= 4 is 6.16 Å². The van der Waals surface area contributed by atoms with E-state index >= 15 is 0 Å². The Labute approximate surface area is 150 Å². The predicted octanol–water partition coefficient (Wildman–Crippen LogP) is 5.89. The number of rotatable bonds is 16. The van der Waals surface area contributed by atoms with Crippen LogP contribution in [0.15, 0.2) is 0 Å². The van der Waals surface area contributed by atoms with Crippen LogP contribution < -0.4 is 0 Å². The Kier molecular flexibility index (Phi) is 15.2. The van der Waals surface area contributed by atoms with Crippen LogP contribution in [0.5, 0.6) is 0 Å². The normalized spacial score (nSPS) is 11.5. The second-order valence-electron chi connectivity index (χ2n) is 6.84. The van der Waals surface area contributed by atoms with E-state index in [0.717, 1.165) is 37.0 Å². The minimum Gasteiger partial charge on any atom is -0.434 e. The molecule has 0 spiro atoms. The number of nitrogens with zero attached hydrogens (tertiary/aromatic N) is 1. The molecule has 0 fully saturated rings. The molecule has 0 aromatic rings. The highest BCUT2D eigenvalue weighted by Gasteiger charge is 2.23. The van der Waals surface area contributed by atoms with Gasteiger partial charge in [-0.05, 0) is 27.2 Å². The van der Waals surface area contributed by atoms with E-state index < -0.39 is 6.16 Å². The first kappa shape index (κ1) is 23.2. The van der Waals surface area contributed by atoms with Crippen LogP contribution in [-0.4, -0.2) is 43.6 Å². The fourth-order valence-electron chi connectivity index (χ4n) is 2.92. The summed E-state index contributed by atoms with van der Waals surface area (Å²) in [6.07, 6.45) is 12.3. The zero-order valence-electron chi connectivity index (χ0n) is 16.8. The van der Waals surface area contributed by atoms with Gasteiger partial charge >= 0.3 is 6.16 Å². The van der Waals surface area contributed by atoms with Crippen molar-refractivity contribution in [2.75, 3.05) is 33.0 Å². The van der Waals surface area contributed by atoms with Crippen LogP contribution in [0.3, 0.4) is 0 Å². The Morgan fingerprint density at radius 3 is 1.58 bits per heavy atom. The topological polar surface area (TPSA) is 35.5 Å². The molecule has 24 heavy (non-hydrogen) atoms. The fraction of sp³-hybridized carbons (Fsp3) is 0.950. The molecule has 0 radical (unpaired) electrons. The Morgan fingerprint density at radius 2 is 1.12 bits per heavy atom. The molecule has 0 bridgehead atoms. The SMILES string of the molecule is CCCCCCCCCCCCOC(=O)OC[N+](CC)(CC)CC. The van der Waals surface area contributed by atoms with E-state index in [1.165, 1.54) is 51.4 Å². The third kappa shape index (κ3) is 11.7. The maximum Gasteiger partial charge on any atom is 0.512 e. The minimum absolute atomic E-state index is 0.417. The molecule has 0 saturated heterocycles. The summed E-state index contributed by atoms with van der Waals surface area (Å²) in [7, 11) is 0. The largest absolute Gasteiger partial charge is 0.512 e. The monoisotopic (exact) mass is 344 g/mol. The van der Waals surface area contributed by atoms with Crippen molar-refractivity contribution < 1.29 is 18.8 Å². The fourth-order valence-corrected chi connectivity index (χ4v) is 2.92. The lowest BCUT2D eigenvalue weighted by Gasteiger charge is -2.34. The van der Waals surface area contributed by atoms with Gasteiger partial charge in [-0.2, -0.15) is 0 Å². The first-order valence-electron chi connectivity index (χ1n) is 10.3. The third-order valence-electron chi connectivity index (χ3n) is 5.19. The van der Waals surface area contributed by atoms with Crippen LogP contribution >= 0.6 is 0 Å². The lowest BCUT2D eigenvalue weighted by Crippen LogP contribution is -2.49. The number of unbranched alkanes of at least 4 members (excludes halogenated alkanes) is 9. The first-order chi connectivity index (χ1) is 11.6. The van der Waals surface area contributed by atoms with Crippen molar-refractivity contribution in [3.8, 4) is 0 Å². The van der Waals surface area contributed by atoms with Gasteiger partial charge in [-0.25, -0.2) is 4.79 Å². The smallest absolute Gasteiger partial charge is 0.434 e. The predicted molar refractivity (Wildman–Crippen MR) is 101 cm³/mol. The summed E-state index contributed by atoms with van der Waals surface area (Å²) in [4.78, 5) is 11.6. The van der Waals surface area contributed by atoms with E-state index in [9.17, 15) is 4.79 Å². The van der Waals surface area contributed by atoms with Crippen molar-refractivity contribution in [1.82, 2.24) is 0 Å². The Bertz CT molecular complexity index is 282. The summed E-state index contributed by atoms with van der Waals surface area (Å²) in [5, 5.41) is 0. The molecule has 0 aliphatic heterocycles. The average Bonchev–Trinajstić information content (AvgIpc) is 2.61. The Hall–Kier alpha value is -0.770. The number of hydrogen-bond acceptors (Lipinski definition) is 3. The molecule has 0 aliphatic rings. The second kappa shape index (κ2) is 15.7. The lowest BCUT2D eigenvalue weighted by molar-refractivity contribution is -0.939. The molecule has 0 aliphatic carbocycles. The molecular weight excluding hydrogens is 302 g/mol.